The Balaban J connectivity index is 1.83. The second kappa shape index (κ2) is 5.67. The van der Waals surface area contributed by atoms with Gasteiger partial charge in [-0.15, -0.1) is 11.8 Å². The number of rotatable bonds is 3. The maximum absolute atomic E-state index is 13.0. The molecule has 3 rings (SSSR count). The largest absolute Gasteiger partial charge is 0.322 e. The molecule has 1 amide bonds. The second-order valence-corrected chi connectivity index (χ2v) is 5.79. The molecule has 0 saturated carbocycles. The number of halogens is 1. The molecule has 1 saturated heterocycles. The van der Waals surface area contributed by atoms with Crippen LogP contribution in [-0.2, 0) is 11.3 Å². The highest BCUT2D eigenvalue weighted by molar-refractivity contribution is 8.00. The van der Waals surface area contributed by atoms with Crippen molar-refractivity contribution in [3.63, 3.8) is 0 Å². The second-order valence-electron chi connectivity index (χ2n) is 4.72. The lowest BCUT2D eigenvalue weighted by Gasteiger charge is -2.24. The van der Waals surface area contributed by atoms with Gasteiger partial charge in [0.05, 0.1) is 5.75 Å². The van der Waals surface area contributed by atoms with Crippen LogP contribution in [0.1, 0.15) is 16.5 Å². The van der Waals surface area contributed by atoms with E-state index in [1.807, 2.05) is 35.2 Å². The highest BCUT2D eigenvalue weighted by Crippen LogP contribution is 2.39. The predicted molar refractivity (Wildman–Crippen MR) is 78.6 cm³/mol. The average Bonchev–Trinajstić information content (AvgIpc) is 2.83. The van der Waals surface area contributed by atoms with E-state index in [1.165, 1.54) is 12.1 Å². The van der Waals surface area contributed by atoms with Crippen molar-refractivity contribution in [1.29, 1.82) is 0 Å². The summed E-state index contributed by atoms with van der Waals surface area (Å²) >= 11 is 1.59. The first-order valence-electron chi connectivity index (χ1n) is 6.44. The van der Waals surface area contributed by atoms with Gasteiger partial charge in [0.1, 0.15) is 11.2 Å². The van der Waals surface area contributed by atoms with Crippen molar-refractivity contribution >= 4 is 17.7 Å². The molecule has 0 radical (unpaired) electrons. The van der Waals surface area contributed by atoms with Crippen molar-refractivity contribution in [2.45, 2.75) is 11.9 Å². The number of carbonyl (C=O) groups excluding carboxylic acids is 1. The molecule has 1 aliphatic rings. The van der Waals surface area contributed by atoms with Gasteiger partial charge in [-0.1, -0.05) is 42.5 Å². The van der Waals surface area contributed by atoms with Crippen LogP contribution in [0.25, 0.3) is 0 Å². The molecule has 2 aromatic carbocycles. The van der Waals surface area contributed by atoms with Crippen LogP contribution < -0.4 is 0 Å². The third-order valence-corrected chi connectivity index (χ3v) is 4.58. The van der Waals surface area contributed by atoms with Crippen molar-refractivity contribution in [3.05, 3.63) is 71.5 Å². The van der Waals surface area contributed by atoms with Gasteiger partial charge >= 0.3 is 0 Å². The molecule has 4 heteroatoms. The Hall–Kier alpha value is -1.81. The number of hydrogen-bond acceptors (Lipinski definition) is 2. The highest BCUT2D eigenvalue weighted by atomic mass is 32.2. The summed E-state index contributed by atoms with van der Waals surface area (Å²) in [5.41, 5.74) is 2.08. The Morgan fingerprint density at radius 2 is 1.80 bits per heavy atom. The summed E-state index contributed by atoms with van der Waals surface area (Å²) in [7, 11) is 0. The maximum atomic E-state index is 13.0. The first-order chi connectivity index (χ1) is 9.74. The Labute approximate surface area is 121 Å². The zero-order valence-corrected chi connectivity index (χ0v) is 11.6. The third kappa shape index (κ3) is 2.70. The number of hydrogen-bond donors (Lipinski definition) is 0. The Bertz CT molecular complexity index is 600. The lowest BCUT2D eigenvalue weighted by atomic mass is 10.1. The van der Waals surface area contributed by atoms with E-state index in [1.54, 1.807) is 23.9 Å². The van der Waals surface area contributed by atoms with E-state index in [0.29, 0.717) is 12.3 Å². The van der Waals surface area contributed by atoms with Crippen molar-refractivity contribution in [3.8, 4) is 0 Å². The van der Waals surface area contributed by atoms with Crippen LogP contribution in [0, 0.1) is 5.82 Å². The van der Waals surface area contributed by atoms with Crippen molar-refractivity contribution in [2.75, 3.05) is 5.75 Å². The fourth-order valence-electron chi connectivity index (χ4n) is 2.31. The van der Waals surface area contributed by atoms with Crippen molar-refractivity contribution < 1.29 is 9.18 Å². The molecule has 2 nitrogen and oxygen atoms in total. The minimum Gasteiger partial charge on any atom is -0.322 e. The molecule has 20 heavy (non-hydrogen) atoms. The summed E-state index contributed by atoms with van der Waals surface area (Å²) in [5, 5.41) is -0.0247. The van der Waals surface area contributed by atoms with E-state index in [0.717, 1.165) is 11.1 Å². The minimum atomic E-state index is -0.252. The van der Waals surface area contributed by atoms with Gasteiger partial charge in [-0.3, -0.25) is 4.79 Å². The summed E-state index contributed by atoms with van der Waals surface area (Å²) in [5.74, 6) is 0.361. The first kappa shape index (κ1) is 13.2. The fraction of sp³-hybridized carbons (Fsp3) is 0.188. The number of thioether (sulfide) groups is 1. The molecular weight excluding hydrogens is 273 g/mol. The van der Waals surface area contributed by atoms with Gasteiger partial charge in [0, 0.05) is 6.54 Å². The Morgan fingerprint density at radius 3 is 2.50 bits per heavy atom. The normalized spacial score (nSPS) is 18.6. The summed E-state index contributed by atoms with van der Waals surface area (Å²) in [4.78, 5) is 13.9. The molecule has 2 aromatic rings. The van der Waals surface area contributed by atoms with E-state index in [2.05, 4.69) is 0 Å². The lowest BCUT2D eigenvalue weighted by Crippen LogP contribution is -2.27. The highest BCUT2D eigenvalue weighted by Gasteiger charge is 2.32. The Kier molecular flexibility index (Phi) is 3.74. The van der Waals surface area contributed by atoms with Crippen LogP contribution in [0.2, 0.25) is 0 Å². The molecule has 0 aromatic heterocycles. The smallest absolute Gasteiger partial charge is 0.234 e. The SMILES string of the molecule is O=C1CSC(c2ccc(F)cc2)N1Cc1ccccc1. The van der Waals surface area contributed by atoms with Crippen LogP contribution in [0.5, 0.6) is 0 Å². The summed E-state index contributed by atoms with van der Waals surface area (Å²) in [6, 6.07) is 16.3. The van der Waals surface area contributed by atoms with Crippen LogP contribution in [0.15, 0.2) is 54.6 Å². The molecule has 1 fully saturated rings. The molecule has 1 heterocycles. The summed E-state index contributed by atoms with van der Waals surface area (Å²) < 4.78 is 13.0. The number of benzene rings is 2. The van der Waals surface area contributed by atoms with Crippen LogP contribution in [0.3, 0.4) is 0 Å². The Morgan fingerprint density at radius 1 is 1.10 bits per heavy atom. The van der Waals surface area contributed by atoms with Gasteiger partial charge < -0.3 is 4.90 Å². The maximum Gasteiger partial charge on any atom is 0.234 e. The van der Waals surface area contributed by atoms with Crippen LogP contribution >= 0.6 is 11.8 Å². The first-order valence-corrected chi connectivity index (χ1v) is 7.49. The fourth-order valence-corrected chi connectivity index (χ4v) is 3.50. The van der Waals surface area contributed by atoms with Gasteiger partial charge in [0.2, 0.25) is 5.91 Å². The zero-order valence-electron chi connectivity index (χ0n) is 10.8. The number of nitrogens with zero attached hydrogens (tertiary/aromatic N) is 1. The zero-order chi connectivity index (χ0) is 13.9. The topological polar surface area (TPSA) is 20.3 Å². The predicted octanol–water partition coefficient (Wildman–Crippen LogP) is 3.60. The number of amides is 1. The standard InChI is InChI=1S/C16H14FNOS/c17-14-8-6-13(7-9-14)16-18(15(19)11-20-16)10-12-4-2-1-3-5-12/h1-9,16H,10-11H2. The number of carbonyl (C=O) groups is 1. The van der Waals surface area contributed by atoms with Crippen LogP contribution in [-0.4, -0.2) is 16.6 Å². The third-order valence-electron chi connectivity index (χ3n) is 3.32. The van der Waals surface area contributed by atoms with E-state index >= 15 is 0 Å². The van der Waals surface area contributed by atoms with Gasteiger partial charge in [-0.2, -0.15) is 0 Å². The molecule has 102 valence electrons. The lowest BCUT2D eigenvalue weighted by molar-refractivity contribution is -0.128. The molecule has 1 atom stereocenters. The molecule has 0 spiro atoms. The summed E-state index contributed by atoms with van der Waals surface area (Å²) in [6.07, 6.45) is 0. The van der Waals surface area contributed by atoms with Gasteiger partial charge in [0.15, 0.2) is 0 Å². The molecule has 0 N–H and O–H groups in total. The molecule has 0 aliphatic carbocycles. The molecule has 0 bridgehead atoms. The van der Waals surface area contributed by atoms with Crippen molar-refractivity contribution in [2.24, 2.45) is 0 Å². The minimum absolute atomic E-state index is 0.0247. The van der Waals surface area contributed by atoms with E-state index < -0.39 is 0 Å². The van der Waals surface area contributed by atoms with Gasteiger partial charge in [-0.05, 0) is 23.3 Å². The quantitative estimate of drug-likeness (QED) is 0.859. The van der Waals surface area contributed by atoms with Gasteiger partial charge in [0.25, 0.3) is 0 Å². The average molecular weight is 287 g/mol. The van der Waals surface area contributed by atoms with Gasteiger partial charge in [-0.25, -0.2) is 4.39 Å². The molecular formula is C16H14FNOS. The monoisotopic (exact) mass is 287 g/mol. The molecule has 1 aliphatic heterocycles. The van der Waals surface area contributed by atoms with E-state index in [-0.39, 0.29) is 17.1 Å². The van der Waals surface area contributed by atoms with Crippen LogP contribution in [0.4, 0.5) is 4.39 Å². The summed E-state index contributed by atoms with van der Waals surface area (Å²) in [6.45, 7) is 0.592. The van der Waals surface area contributed by atoms with E-state index in [9.17, 15) is 9.18 Å². The molecule has 1 unspecified atom stereocenters. The van der Waals surface area contributed by atoms with Crippen molar-refractivity contribution in [1.82, 2.24) is 4.90 Å². The van der Waals surface area contributed by atoms with E-state index in [4.69, 9.17) is 0 Å².